The smallest absolute Gasteiger partial charge is 0.251 e. The van der Waals surface area contributed by atoms with Crippen LogP contribution in [0.4, 0.5) is 5.69 Å². The lowest BCUT2D eigenvalue weighted by Crippen LogP contribution is -2.59. The molecule has 9 nitrogen and oxygen atoms in total. The van der Waals surface area contributed by atoms with Crippen LogP contribution in [0.1, 0.15) is 50.9 Å². The number of rotatable bonds is 8. The molecule has 1 unspecified atom stereocenters. The van der Waals surface area contributed by atoms with Gasteiger partial charge < -0.3 is 24.6 Å². The quantitative estimate of drug-likeness (QED) is 0.567. The Hall–Kier alpha value is -2.49. The second-order valence-electron chi connectivity index (χ2n) is 11.8. The van der Waals surface area contributed by atoms with Crippen molar-refractivity contribution >= 4 is 23.3 Å². The first-order chi connectivity index (χ1) is 17.5. The molecule has 1 aromatic rings. The fourth-order valence-electron chi connectivity index (χ4n) is 5.69. The van der Waals surface area contributed by atoms with Gasteiger partial charge >= 0.3 is 0 Å². The first-order valence-electron chi connectivity index (χ1n) is 13.4. The van der Waals surface area contributed by atoms with E-state index in [1.54, 1.807) is 18.9 Å². The van der Waals surface area contributed by atoms with Crippen LogP contribution in [-0.2, 0) is 19.1 Å². The van der Waals surface area contributed by atoms with Gasteiger partial charge in [0.25, 0.3) is 5.91 Å². The normalized spacial score (nSPS) is 25.3. The Morgan fingerprint density at radius 2 is 1.81 bits per heavy atom. The van der Waals surface area contributed by atoms with Crippen molar-refractivity contribution in [1.29, 1.82) is 0 Å². The first kappa shape index (κ1) is 27.5. The van der Waals surface area contributed by atoms with Crippen molar-refractivity contribution in [2.45, 2.75) is 58.2 Å². The lowest BCUT2D eigenvalue weighted by atomic mass is 9.86. The highest BCUT2D eigenvalue weighted by molar-refractivity contribution is 6.00. The SMILES string of the molecule is COCCN1CCN(c2ccc(C(=O)N[C@@H](CC(C)(C)C)C(=O)N3CC[C@H]4OCC(=O)C43C)cc2)CC1. The van der Waals surface area contributed by atoms with Crippen molar-refractivity contribution < 1.29 is 23.9 Å². The average molecular weight is 515 g/mol. The highest BCUT2D eigenvalue weighted by Crippen LogP contribution is 2.38. The maximum Gasteiger partial charge on any atom is 0.251 e. The van der Waals surface area contributed by atoms with E-state index in [9.17, 15) is 14.4 Å². The molecular formula is C28H42N4O5. The summed E-state index contributed by atoms with van der Waals surface area (Å²) < 4.78 is 10.8. The monoisotopic (exact) mass is 514 g/mol. The molecule has 0 saturated carbocycles. The van der Waals surface area contributed by atoms with Crippen LogP contribution < -0.4 is 10.2 Å². The Morgan fingerprint density at radius 3 is 2.43 bits per heavy atom. The van der Waals surface area contributed by atoms with E-state index in [-0.39, 0.29) is 35.7 Å². The second kappa shape index (κ2) is 11.1. The minimum atomic E-state index is -0.951. The molecule has 4 rings (SSSR count). The zero-order valence-electron chi connectivity index (χ0n) is 22.9. The fraction of sp³-hybridized carbons (Fsp3) is 0.679. The van der Waals surface area contributed by atoms with Crippen molar-refractivity contribution in [3.63, 3.8) is 0 Å². The zero-order valence-corrected chi connectivity index (χ0v) is 22.9. The number of nitrogens with one attached hydrogen (secondary N) is 1. The minimum Gasteiger partial charge on any atom is -0.383 e. The highest BCUT2D eigenvalue weighted by atomic mass is 16.5. The van der Waals surface area contributed by atoms with E-state index in [4.69, 9.17) is 9.47 Å². The summed E-state index contributed by atoms with van der Waals surface area (Å²) >= 11 is 0. The molecule has 1 aromatic carbocycles. The molecule has 0 radical (unpaired) electrons. The summed E-state index contributed by atoms with van der Waals surface area (Å²) in [7, 11) is 1.72. The number of ether oxygens (including phenoxy) is 2. The van der Waals surface area contributed by atoms with Gasteiger partial charge in [-0.2, -0.15) is 0 Å². The molecular weight excluding hydrogens is 472 g/mol. The standard InChI is InChI=1S/C28H42N4O5/c1-27(2,3)18-22(26(35)32-11-10-24-28(32,4)23(33)19-37-24)29-25(34)20-6-8-21(9-7-20)31-14-12-30(13-15-31)16-17-36-5/h6-9,22,24H,10-19H2,1-5H3,(H,29,34)/t22-,24+,28?/m0/s1. The predicted molar refractivity (Wildman–Crippen MR) is 142 cm³/mol. The maximum atomic E-state index is 13.7. The van der Waals surface area contributed by atoms with Gasteiger partial charge in [0.1, 0.15) is 18.2 Å². The van der Waals surface area contributed by atoms with Gasteiger partial charge in [0.15, 0.2) is 5.78 Å². The molecule has 2 amide bonds. The molecule has 3 heterocycles. The Balaban J connectivity index is 1.42. The summed E-state index contributed by atoms with van der Waals surface area (Å²) in [5.41, 5.74) is 0.452. The van der Waals surface area contributed by atoms with Gasteiger partial charge in [0, 0.05) is 57.6 Å². The van der Waals surface area contributed by atoms with Gasteiger partial charge in [-0.1, -0.05) is 20.8 Å². The third kappa shape index (κ3) is 5.99. The van der Waals surface area contributed by atoms with Crippen LogP contribution in [-0.4, -0.2) is 105 Å². The summed E-state index contributed by atoms with van der Waals surface area (Å²) in [5.74, 6) is -0.567. The number of hydrogen-bond acceptors (Lipinski definition) is 7. The lowest BCUT2D eigenvalue weighted by molar-refractivity contribution is -0.143. The topological polar surface area (TPSA) is 91.4 Å². The zero-order chi connectivity index (χ0) is 26.8. The number of nitrogens with zero attached hydrogens (tertiary/aromatic N) is 3. The number of benzene rings is 1. The number of ketones is 1. The second-order valence-corrected chi connectivity index (χ2v) is 11.8. The van der Waals surface area contributed by atoms with Crippen LogP contribution in [0.25, 0.3) is 0 Å². The van der Waals surface area contributed by atoms with E-state index in [2.05, 4.69) is 15.1 Å². The maximum absolute atomic E-state index is 13.7. The number of anilines is 1. The van der Waals surface area contributed by atoms with E-state index in [1.807, 2.05) is 45.0 Å². The molecule has 3 fully saturated rings. The van der Waals surface area contributed by atoms with Gasteiger partial charge in [0.05, 0.1) is 12.7 Å². The number of amides is 2. The van der Waals surface area contributed by atoms with Crippen LogP contribution >= 0.6 is 0 Å². The number of hydrogen-bond donors (Lipinski definition) is 1. The molecule has 1 N–H and O–H groups in total. The first-order valence-corrected chi connectivity index (χ1v) is 13.4. The molecule has 3 atom stereocenters. The molecule has 0 aromatic heterocycles. The Kier molecular flexibility index (Phi) is 8.26. The van der Waals surface area contributed by atoms with Crippen LogP contribution in [0.5, 0.6) is 0 Å². The molecule has 0 aliphatic carbocycles. The molecule has 0 spiro atoms. The van der Waals surface area contributed by atoms with Crippen molar-refractivity contribution in [2.24, 2.45) is 5.41 Å². The van der Waals surface area contributed by atoms with Crippen LogP contribution in [0.2, 0.25) is 0 Å². The molecule has 3 aliphatic rings. The average Bonchev–Trinajstić information content (AvgIpc) is 3.35. The van der Waals surface area contributed by atoms with E-state index < -0.39 is 11.6 Å². The van der Waals surface area contributed by atoms with Gasteiger partial charge in [-0.05, 0) is 49.4 Å². The predicted octanol–water partition coefficient (Wildman–Crippen LogP) is 1.95. The Bertz CT molecular complexity index is 983. The fourth-order valence-corrected chi connectivity index (χ4v) is 5.69. The Morgan fingerprint density at radius 1 is 1.14 bits per heavy atom. The van der Waals surface area contributed by atoms with Crippen LogP contribution in [0.3, 0.4) is 0 Å². The third-order valence-corrected chi connectivity index (χ3v) is 7.95. The van der Waals surface area contributed by atoms with Gasteiger partial charge in [-0.25, -0.2) is 0 Å². The third-order valence-electron chi connectivity index (χ3n) is 7.95. The van der Waals surface area contributed by atoms with Gasteiger partial charge in [-0.3, -0.25) is 19.3 Å². The number of likely N-dealkylation sites (tertiary alicyclic amines) is 1. The number of methoxy groups -OCH3 is 1. The largest absolute Gasteiger partial charge is 0.383 e. The summed E-state index contributed by atoms with van der Waals surface area (Å²) in [5, 5.41) is 2.99. The number of piperazine rings is 1. The van der Waals surface area contributed by atoms with Crippen LogP contribution in [0.15, 0.2) is 24.3 Å². The van der Waals surface area contributed by atoms with Crippen molar-refractivity contribution in [2.75, 3.05) is 64.5 Å². The number of carbonyl (C=O) groups excluding carboxylic acids is 3. The molecule has 204 valence electrons. The molecule has 37 heavy (non-hydrogen) atoms. The van der Waals surface area contributed by atoms with E-state index in [0.717, 1.165) is 45.0 Å². The van der Waals surface area contributed by atoms with E-state index in [1.165, 1.54) is 0 Å². The summed E-state index contributed by atoms with van der Waals surface area (Å²) in [6.45, 7) is 13.9. The van der Waals surface area contributed by atoms with E-state index >= 15 is 0 Å². The minimum absolute atomic E-state index is 0.0375. The molecule has 3 saturated heterocycles. The number of fused-ring (bicyclic) bond motifs is 1. The Labute approximate surface area is 220 Å². The van der Waals surface area contributed by atoms with E-state index in [0.29, 0.717) is 24.9 Å². The molecule has 0 bridgehead atoms. The van der Waals surface area contributed by atoms with Crippen molar-refractivity contribution in [3.8, 4) is 0 Å². The number of carbonyl (C=O) groups is 3. The highest BCUT2D eigenvalue weighted by Gasteiger charge is 2.57. The van der Waals surface area contributed by atoms with Gasteiger partial charge in [-0.15, -0.1) is 0 Å². The summed E-state index contributed by atoms with van der Waals surface area (Å²) in [6, 6.07) is 6.86. The van der Waals surface area contributed by atoms with Crippen LogP contribution in [0, 0.1) is 5.41 Å². The molecule has 3 aliphatic heterocycles. The van der Waals surface area contributed by atoms with Crippen molar-refractivity contribution in [3.05, 3.63) is 29.8 Å². The lowest BCUT2D eigenvalue weighted by Gasteiger charge is -2.36. The van der Waals surface area contributed by atoms with Crippen molar-refractivity contribution in [1.82, 2.24) is 15.1 Å². The van der Waals surface area contributed by atoms with Gasteiger partial charge in [0.2, 0.25) is 5.91 Å². The summed E-state index contributed by atoms with van der Waals surface area (Å²) in [4.78, 5) is 46.0. The molecule has 9 heteroatoms. The summed E-state index contributed by atoms with van der Waals surface area (Å²) in [6.07, 6.45) is 0.825. The number of Topliss-reactive ketones (excluding diaryl/α,β-unsaturated/α-hetero) is 1.